The van der Waals surface area contributed by atoms with Gasteiger partial charge in [-0.1, -0.05) is 0 Å². The first kappa shape index (κ1) is 16.7. The molecule has 1 amide bonds. The highest BCUT2D eigenvalue weighted by Crippen LogP contribution is 2.30. The fourth-order valence-corrected chi connectivity index (χ4v) is 2.56. The molecule has 20 heavy (non-hydrogen) atoms. The summed E-state index contributed by atoms with van der Waals surface area (Å²) in [6.07, 6.45) is 0. The Bertz CT molecular complexity index is 436. The Morgan fingerprint density at radius 3 is 2.80 bits per heavy atom. The van der Waals surface area contributed by atoms with Crippen LogP contribution in [0.4, 0.5) is 10.8 Å². The molecule has 8 heteroatoms. The highest BCUT2D eigenvalue weighted by Gasteiger charge is 2.23. The zero-order chi connectivity index (χ0) is 15.1. The Balaban J connectivity index is 3.00. The van der Waals surface area contributed by atoms with E-state index in [1.807, 2.05) is 18.7 Å². The molecule has 0 aliphatic carbocycles. The maximum atomic E-state index is 12.2. The van der Waals surface area contributed by atoms with Crippen LogP contribution in [0.3, 0.4) is 0 Å². The van der Waals surface area contributed by atoms with Gasteiger partial charge in [0.25, 0.3) is 5.91 Å². The van der Waals surface area contributed by atoms with Crippen molar-refractivity contribution in [3.8, 4) is 0 Å². The van der Waals surface area contributed by atoms with Crippen LogP contribution in [0.25, 0.3) is 0 Å². The molecule has 0 radical (unpaired) electrons. The predicted molar refractivity (Wildman–Crippen MR) is 80.3 cm³/mol. The number of nitrogen functional groups attached to an aromatic ring is 1. The number of anilines is 2. The summed E-state index contributed by atoms with van der Waals surface area (Å²) in [5.74, 6) is -0.0369. The number of carbonyl (C=O) groups excluding carboxylic acids is 1. The van der Waals surface area contributed by atoms with Crippen LogP contribution in [0.1, 0.15) is 24.2 Å². The van der Waals surface area contributed by atoms with Gasteiger partial charge in [0.2, 0.25) is 0 Å². The molecule has 0 aliphatic rings. The molecule has 0 saturated heterocycles. The van der Waals surface area contributed by atoms with E-state index in [0.717, 1.165) is 11.5 Å². The molecule has 0 fully saturated rings. The van der Waals surface area contributed by atoms with Crippen LogP contribution in [0.2, 0.25) is 0 Å². The monoisotopic (exact) mass is 302 g/mol. The molecule has 1 aromatic heterocycles. The van der Waals surface area contributed by atoms with Gasteiger partial charge in [0, 0.05) is 26.2 Å². The minimum absolute atomic E-state index is 0.0138. The van der Waals surface area contributed by atoms with Gasteiger partial charge in [-0.2, -0.15) is 4.37 Å². The van der Waals surface area contributed by atoms with E-state index in [1.165, 1.54) is 0 Å². The predicted octanol–water partition coefficient (Wildman–Crippen LogP) is 0.309. The number of nitrogens with two attached hydrogens (primary N) is 1. The van der Waals surface area contributed by atoms with Gasteiger partial charge in [-0.25, -0.2) is 0 Å². The summed E-state index contributed by atoms with van der Waals surface area (Å²) in [7, 11) is 1.60. The Morgan fingerprint density at radius 1 is 1.55 bits per heavy atom. The van der Waals surface area contributed by atoms with Gasteiger partial charge in [-0.3, -0.25) is 4.79 Å². The number of methoxy groups -OCH3 is 1. The van der Waals surface area contributed by atoms with Crippen molar-refractivity contribution < 1.29 is 14.6 Å². The van der Waals surface area contributed by atoms with Crippen molar-refractivity contribution in [1.82, 2.24) is 9.69 Å². The van der Waals surface area contributed by atoms with E-state index in [-0.39, 0.29) is 24.4 Å². The third kappa shape index (κ3) is 4.32. The Labute approximate surface area is 122 Å². The molecule has 0 atom stereocenters. The molecule has 1 heterocycles. The number of hydrogen-bond acceptors (Lipinski definition) is 7. The number of amides is 1. The van der Waals surface area contributed by atoms with Crippen LogP contribution in [0.5, 0.6) is 0 Å². The van der Waals surface area contributed by atoms with E-state index in [4.69, 9.17) is 15.6 Å². The maximum absolute atomic E-state index is 12.2. The lowest BCUT2D eigenvalue weighted by atomic mass is 10.2. The summed E-state index contributed by atoms with van der Waals surface area (Å²) in [5, 5.41) is 12.6. The summed E-state index contributed by atoms with van der Waals surface area (Å²) in [6.45, 7) is 5.18. The molecule has 7 nitrogen and oxygen atoms in total. The van der Waals surface area contributed by atoms with Crippen LogP contribution in [0, 0.1) is 0 Å². The van der Waals surface area contributed by atoms with E-state index < -0.39 is 0 Å². The lowest BCUT2D eigenvalue weighted by Crippen LogP contribution is -2.34. The number of ether oxygens (including phenoxy) is 1. The summed E-state index contributed by atoms with van der Waals surface area (Å²) >= 11 is 1.15. The molecule has 0 saturated carbocycles. The molecule has 0 aromatic carbocycles. The highest BCUT2D eigenvalue weighted by atomic mass is 32.1. The Hall–Kier alpha value is -1.38. The normalized spacial score (nSPS) is 10.8. The number of rotatable bonds is 8. The Morgan fingerprint density at radius 2 is 2.25 bits per heavy atom. The first-order valence-electron chi connectivity index (χ1n) is 6.42. The Kier molecular flexibility index (Phi) is 6.69. The number of nitrogens with zero attached hydrogens (tertiary/aromatic N) is 2. The third-order valence-corrected chi connectivity index (χ3v) is 3.49. The summed E-state index contributed by atoms with van der Waals surface area (Å²) in [5.41, 5.74) is 6.17. The van der Waals surface area contributed by atoms with Crippen LogP contribution >= 0.6 is 11.5 Å². The van der Waals surface area contributed by atoms with Crippen LogP contribution in [-0.2, 0) is 4.74 Å². The van der Waals surface area contributed by atoms with E-state index >= 15 is 0 Å². The van der Waals surface area contributed by atoms with Crippen molar-refractivity contribution in [2.75, 3.05) is 44.0 Å². The summed E-state index contributed by atoms with van der Waals surface area (Å²) in [4.78, 5) is 14.0. The topological polar surface area (TPSA) is 101 Å². The SMILES string of the molecule is COCCN(CCO)c1snc(N)c1C(=O)NC(C)C. The largest absolute Gasteiger partial charge is 0.395 e. The molecule has 0 unspecified atom stereocenters. The lowest BCUT2D eigenvalue weighted by Gasteiger charge is -2.22. The lowest BCUT2D eigenvalue weighted by molar-refractivity contribution is 0.0944. The van der Waals surface area contributed by atoms with Crippen molar-refractivity contribution >= 4 is 28.3 Å². The molecule has 0 bridgehead atoms. The number of aliphatic hydroxyl groups is 1. The van der Waals surface area contributed by atoms with Crippen LogP contribution in [0.15, 0.2) is 0 Å². The highest BCUT2D eigenvalue weighted by molar-refractivity contribution is 7.11. The van der Waals surface area contributed by atoms with Gasteiger partial charge < -0.3 is 25.8 Å². The second-order valence-corrected chi connectivity index (χ2v) is 5.33. The molecular formula is C12H22N4O3S. The van der Waals surface area contributed by atoms with E-state index in [0.29, 0.717) is 30.3 Å². The van der Waals surface area contributed by atoms with E-state index in [2.05, 4.69) is 9.69 Å². The number of hydrogen-bond donors (Lipinski definition) is 3. The fourth-order valence-electron chi connectivity index (χ4n) is 1.69. The van der Waals surface area contributed by atoms with Crippen molar-refractivity contribution in [3.05, 3.63) is 5.56 Å². The third-order valence-electron chi connectivity index (χ3n) is 2.57. The zero-order valence-electron chi connectivity index (χ0n) is 12.0. The van der Waals surface area contributed by atoms with Crippen LogP contribution < -0.4 is 16.0 Å². The molecule has 0 spiro atoms. The van der Waals surface area contributed by atoms with Gasteiger partial charge in [0.1, 0.15) is 10.6 Å². The molecule has 0 aliphatic heterocycles. The first-order valence-corrected chi connectivity index (χ1v) is 7.19. The maximum Gasteiger partial charge on any atom is 0.258 e. The van der Waals surface area contributed by atoms with Crippen LogP contribution in [-0.4, -0.2) is 54.8 Å². The number of aliphatic hydroxyl groups excluding tert-OH is 1. The van der Waals surface area contributed by atoms with Crippen molar-refractivity contribution in [2.24, 2.45) is 0 Å². The molecular weight excluding hydrogens is 280 g/mol. The van der Waals surface area contributed by atoms with Gasteiger partial charge in [-0.15, -0.1) is 0 Å². The van der Waals surface area contributed by atoms with E-state index in [1.54, 1.807) is 7.11 Å². The minimum Gasteiger partial charge on any atom is -0.395 e. The molecule has 4 N–H and O–H groups in total. The molecule has 1 aromatic rings. The number of aromatic nitrogens is 1. The van der Waals surface area contributed by atoms with Crippen molar-refractivity contribution in [1.29, 1.82) is 0 Å². The molecule has 114 valence electrons. The first-order chi connectivity index (χ1) is 9.51. The standard InChI is InChI=1S/C12H22N4O3S/c1-8(2)14-11(18)9-10(13)15-20-12(9)16(4-6-17)5-7-19-3/h8,17H,4-7H2,1-3H3,(H2,13,15)(H,14,18). The van der Waals surface area contributed by atoms with Gasteiger partial charge in [-0.05, 0) is 25.4 Å². The zero-order valence-corrected chi connectivity index (χ0v) is 12.9. The quantitative estimate of drug-likeness (QED) is 0.639. The number of carbonyl (C=O) groups is 1. The van der Waals surface area contributed by atoms with Gasteiger partial charge in [0.05, 0.1) is 13.2 Å². The van der Waals surface area contributed by atoms with E-state index in [9.17, 15) is 4.79 Å². The average molecular weight is 302 g/mol. The second kappa shape index (κ2) is 8.03. The minimum atomic E-state index is -0.249. The average Bonchev–Trinajstić information content (AvgIpc) is 2.75. The smallest absolute Gasteiger partial charge is 0.258 e. The van der Waals surface area contributed by atoms with Crippen molar-refractivity contribution in [3.63, 3.8) is 0 Å². The summed E-state index contributed by atoms with van der Waals surface area (Å²) in [6, 6.07) is 0.0138. The van der Waals surface area contributed by atoms with Gasteiger partial charge in [0.15, 0.2) is 5.82 Å². The fraction of sp³-hybridized carbons (Fsp3) is 0.667. The summed E-state index contributed by atoms with van der Waals surface area (Å²) < 4.78 is 9.09. The van der Waals surface area contributed by atoms with Crippen molar-refractivity contribution in [2.45, 2.75) is 19.9 Å². The second-order valence-electron chi connectivity index (χ2n) is 4.58. The van der Waals surface area contributed by atoms with Gasteiger partial charge >= 0.3 is 0 Å². The number of nitrogens with one attached hydrogen (secondary N) is 1. The molecule has 1 rings (SSSR count).